The van der Waals surface area contributed by atoms with Crippen LogP contribution >= 0.6 is 0 Å². The van der Waals surface area contributed by atoms with Gasteiger partial charge >= 0.3 is 5.97 Å². The number of pyridine rings is 1. The predicted octanol–water partition coefficient (Wildman–Crippen LogP) is 4.27. The number of fused-ring (bicyclic) bond motifs is 1. The van der Waals surface area contributed by atoms with Gasteiger partial charge in [-0.15, -0.1) is 0 Å². The molecule has 2 heterocycles. The lowest BCUT2D eigenvalue weighted by Crippen LogP contribution is -2.58. The third-order valence-corrected chi connectivity index (χ3v) is 7.28. The molecule has 2 fully saturated rings. The molecule has 0 bridgehead atoms. The highest BCUT2D eigenvalue weighted by atomic mass is 19.3. The molecule has 176 valence electrons. The van der Waals surface area contributed by atoms with Gasteiger partial charge in [0.05, 0.1) is 17.3 Å². The van der Waals surface area contributed by atoms with Crippen LogP contribution in [0, 0.1) is 41.4 Å². The number of amides is 1. The number of carbonyl (C=O) groups excluding carboxylic acids is 2. The number of carbonyl (C=O) groups is 2. The first-order chi connectivity index (χ1) is 16.0. The molecule has 0 spiro atoms. The average molecular weight is 466 g/mol. The van der Waals surface area contributed by atoms with Gasteiger partial charge in [-0.05, 0) is 38.0 Å². The van der Waals surface area contributed by atoms with Crippen LogP contribution in [-0.2, 0) is 14.3 Å². The van der Waals surface area contributed by atoms with Crippen molar-refractivity contribution in [2.24, 2.45) is 28.9 Å². The zero-order valence-corrected chi connectivity index (χ0v) is 19.1. The van der Waals surface area contributed by atoms with Crippen LogP contribution in [-0.4, -0.2) is 28.9 Å². The van der Waals surface area contributed by atoms with E-state index in [1.165, 1.54) is 6.92 Å². The molecule has 34 heavy (non-hydrogen) atoms. The molecule has 1 aliphatic heterocycles. The Kier molecular flexibility index (Phi) is 5.76. The van der Waals surface area contributed by atoms with Crippen molar-refractivity contribution in [1.82, 2.24) is 4.98 Å². The van der Waals surface area contributed by atoms with Crippen molar-refractivity contribution in [2.75, 3.05) is 0 Å². The van der Waals surface area contributed by atoms with Gasteiger partial charge in [0.2, 0.25) is 5.91 Å². The summed E-state index contributed by atoms with van der Waals surface area (Å²) < 4.78 is 35.3. The second-order valence-corrected chi connectivity index (χ2v) is 9.16. The van der Waals surface area contributed by atoms with E-state index in [2.05, 4.69) is 11.1 Å². The minimum Gasteiger partial charge on any atom is -0.461 e. The summed E-state index contributed by atoms with van der Waals surface area (Å²) in [4.78, 5) is 29.4. The molecule has 4 unspecified atom stereocenters. The predicted molar refractivity (Wildman–Crippen MR) is 121 cm³/mol. The number of rotatable bonds is 4. The highest BCUT2D eigenvalue weighted by molar-refractivity contribution is 6.04. The van der Waals surface area contributed by atoms with Crippen LogP contribution in [0.15, 0.2) is 42.5 Å². The number of cyclic esters (lactones) is 1. The number of nitrogens with zero attached hydrogens (tertiary/aromatic N) is 2. The summed E-state index contributed by atoms with van der Waals surface area (Å²) in [6.45, 7) is 4.83. The third kappa shape index (κ3) is 3.56. The lowest BCUT2D eigenvalue weighted by molar-refractivity contribution is -0.177. The van der Waals surface area contributed by atoms with Gasteiger partial charge < -0.3 is 10.5 Å². The number of primary amides is 1. The molecule has 1 saturated carbocycles. The molecule has 1 amide bonds. The van der Waals surface area contributed by atoms with Crippen molar-refractivity contribution in [3.8, 4) is 17.2 Å². The molecule has 1 saturated heterocycles. The van der Waals surface area contributed by atoms with Crippen molar-refractivity contribution in [1.29, 1.82) is 5.26 Å². The maximum absolute atomic E-state index is 15.0. The largest absolute Gasteiger partial charge is 0.461 e. The molecule has 1 aliphatic carbocycles. The zero-order chi connectivity index (χ0) is 24.8. The SMILES string of the molecule is Cc1nc(/C=C/C2C(C)C(F)(F)CC3(C(N)=O)C(=O)OC(C)[C@@H]23)ccc1-c1ccccc1C#N. The number of hydrogen-bond donors (Lipinski definition) is 1. The molecule has 2 aromatic rings. The number of benzene rings is 1. The normalized spacial score (nSPS) is 29.9. The lowest BCUT2D eigenvalue weighted by Gasteiger charge is -2.46. The van der Waals surface area contributed by atoms with Crippen LogP contribution in [0.3, 0.4) is 0 Å². The smallest absolute Gasteiger partial charge is 0.322 e. The molecule has 2 aliphatic rings. The van der Waals surface area contributed by atoms with Crippen molar-refractivity contribution >= 4 is 18.0 Å². The molecule has 5 atom stereocenters. The number of allylic oxidation sites excluding steroid dienone is 1. The Bertz CT molecular complexity index is 1240. The van der Waals surface area contributed by atoms with Crippen LogP contribution in [0.1, 0.15) is 37.2 Å². The van der Waals surface area contributed by atoms with E-state index < -0.39 is 53.5 Å². The van der Waals surface area contributed by atoms with E-state index in [-0.39, 0.29) is 0 Å². The van der Waals surface area contributed by atoms with Crippen LogP contribution in [0.25, 0.3) is 17.2 Å². The average Bonchev–Trinajstić information content (AvgIpc) is 3.04. The minimum absolute atomic E-state index is 0.525. The Balaban J connectivity index is 1.71. The molecule has 8 heteroatoms. The Morgan fingerprint density at radius 3 is 2.59 bits per heavy atom. The van der Waals surface area contributed by atoms with E-state index in [4.69, 9.17) is 10.5 Å². The van der Waals surface area contributed by atoms with Crippen molar-refractivity contribution in [3.63, 3.8) is 0 Å². The monoisotopic (exact) mass is 465 g/mol. The van der Waals surface area contributed by atoms with Crippen LogP contribution in [0.4, 0.5) is 8.78 Å². The van der Waals surface area contributed by atoms with Crippen molar-refractivity contribution in [3.05, 3.63) is 59.4 Å². The second kappa shape index (κ2) is 8.32. The van der Waals surface area contributed by atoms with Gasteiger partial charge in [-0.3, -0.25) is 14.6 Å². The maximum atomic E-state index is 15.0. The molecule has 1 aromatic carbocycles. The molecule has 1 aromatic heterocycles. The molecule has 4 rings (SSSR count). The van der Waals surface area contributed by atoms with Crippen molar-refractivity contribution < 1.29 is 23.1 Å². The molecule has 2 N–H and O–H groups in total. The maximum Gasteiger partial charge on any atom is 0.322 e. The number of halogens is 2. The summed E-state index contributed by atoms with van der Waals surface area (Å²) in [5.41, 5.74) is 6.73. The second-order valence-electron chi connectivity index (χ2n) is 9.16. The Morgan fingerprint density at radius 1 is 1.24 bits per heavy atom. The topological polar surface area (TPSA) is 106 Å². The summed E-state index contributed by atoms with van der Waals surface area (Å²) in [6.07, 6.45) is 1.53. The molecule has 6 nitrogen and oxygen atoms in total. The Morgan fingerprint density at radius 2 is 1.94 bits per heavy atom. The number of esters is 1. The number of aryl methyl sites for hydroxylation is 1. The first-order valence-corrected chi connectivity index (χ1v) is 11.1. The number of ether oxygens (including phenoxy) is 1. The Hall–Kier alpha value is -3.60. The highest BCUT2D eigenvalue weighted by Crippen LogP contribution is 2.59. The van der Waals surface area contributed by atoms with E-state index in [0.717, 1.165) is 11.1 Å². The fourth-order valence-electron chi connectivity index (χ4n) is 5.46. The van der Waals surface area contributed by atoms with Gasteiger partial charge in [0, 0.05) is 35.1 Å². The van der Waals surface area contributed by atoms with Crippen LogP contribution in [0.5, 0.6) is 0 Å². The van der Waals surface area contributed by atoms with Crippen molar-refractivity contribution in [2.45, 2.75) is 39.2 Å². The standard InChI is InChI=1S/C26H25F2N3O3/c1-14-19(22-16(3)34-24(33)25(22,23(30)32)13-26(14,27)28)10-8-18-9-11-20(15(2)31-18)21-7-5-4-6-17(21)12-29/h4-11,14,16,19,22H,13H2,1-3H3,(H2,30,32)/b10-8+/t14?,16?,19?,22-,25?/m0/s1. The van der Waals surface area contributed by atoms with Gasteiger partial charge in [-0.1, -0.05) is 37.3 Å². The van der Waals surface area contributed by atoms with E-state index >= 15 is 8.78 Å². The van der Waals surface area contributed by atoms with Gasteiger partial charge in [-0.2, -0.15) is 5.26 Å². The van der Waals surface area contributed by atoms with Gasteiger partial charge in [0.15, 0.2) is 5.41 Å². The van der Waals surface area contributed by atoms with Gasteiger partial charge in [0.25, 0.3) is 5.92 Å². The van der Waals surface area contributed by atoms with Gasteiger partial charge in [-0.25, -0.2) is 8.78 Å². The fraction of sp³-hybridized carbons (Fsp3) is 0.385. The quantitative estimate of drug-likeness (QED) is 0.536. The summed E-state index contributed by atoms with van der Waals surface area (Å²) in [5, 5.41) is 9.39. The van der Waals surface area contributed by atoms with Gasteiger partial charge in [0.1, 0.15) is 6.10 Å². The fourth-order valence-corrected chi connectivity index (χ4v) is 5.46. The third-order valence-electron chi connectivity index (χ3n) is 7.28. The number of nitrogens with two attached hydrogens (primary N) is 1. The molecular weight excluding hydrogens is 440 g/mol. The lowest BCUT2D eigenvalue weighted by atomic mass is 9.56. The minimum atomic E-state index is -3.28. The number of aromatic nitrogens is 1. The highest BCUT2D eigenvalue weighted by Gasteiger charge is 2.70. The number of hydrogen-bond acceptors (Lipinski definition) is 5. The van der Waals surface area contributed by atoms with E-state index in [1.807, 2.05) is 25.1 Å². The summed E-state index contributed by atoms with van der Waals surface area (Å²) >= 11 is 0. The first kappa shape index (κ1) is 23.6. The summed E-state index contributed by atoms with van der Waals surface area (Å²) in [7, 11) is 0. The summed E-state index contributed by atoms with van der Waals surface area (Å²) in [5.74, 6) is -8.10. The number of nitriles is 1. The van der Waals surface area contributed by atoms with E-state index in [1.54, 1.807) is 37.3 Å². The molecule has 0 radical (unpaired) electrons. The van der Waals surface area contributed by atoms with Crippen LogP contribution in [0.2, 0.25) is 0 Å². The first-order valence-electron chi connectivity index (χ1n) is 11.1. The molecular formula is C26H25F2N3O3. The zero-order valence-electron chi connectivity index (χ0n) is 19.1. The van der Waals surface area contributed by atoms with Crippen LogP contribution < -0.4 is 5.73 Å². The Labute approximate surface area is 196 Å². The van der Waals surface area contributed by atoms with E-state index in [9.17, 15) is 14.9 Å². The summed E-state index contributed by atoms with van der Waals surface area (Å²) in [6, 6.07) is 12.9. The number of alkyl halides is 2. The van der Waals surface area contributed by atoms with E-state index in [0.29, 0.717) is 17.0 Å².